The van der Waals surface area contributed by atoms with Gasteiger partial charge in [0.15, 0.2) is 9.84 Å². The van der Waals surface area contributed by atoms with Gasteiger partial charge >= 0.3 is 0 Å². The molecule has 0 bridgehead atoms. The second-order valence-corrected chi connectivity index (χ2v) is 7.31. The standard InChI is InChI=1S/C14H20FNO3S/c1-3-16-14(10-6-7-20(17,18)9-10)12-5-4-11(19-2)8-13(12)15/h4-5,8,10,14,16H,3,6-7,9H2,1-2H3. The molecule has 1 aromatic carbocycles. The van der Waals surface area contributed by atoms with E-state index < -0.39 is 9.84 Å². The Balaban J connectivity index is 2.29. The molecule has 112 valence electrons. The van der Waals surface area contributed by atoms with Crippen molar-refractivity contribution in [2.24, 2.45) is 5.92 Å². The predicted octanol–water partition coefficient (Wildman–Crippen LogP) is 1.92. The van der Waals surface area contributed by atoms with Gasteiger partial charge < -0.3 is 10.1 Å². The van der Waals surface area contributed by atoms with Crippen LogP contribution in [0.1, 0.15) is 24.9 Å². The Morgan fingerprint density at radius 1 is 1.50 bits per heavy atom. The Kier molecular flexibility index (Phi) is 4.65. The highest BCUT2D eigenvalue weighted by atomic mass is 32.2. The molecule has 1 heterocycles. The lowest BCUT2D eigenvalue weighted by molar-refractivity contribution is 0.381. The minimum atomic E-state index is -2.98. The lowest BCUT2D eigenvalue weighted by Crippen LogP contribution is -2.29. The number of benzene rings is 1. The molecule has 0 saturated carbocycles. The van der Waals surface area contributed by atoms with Crippen LogP contribution in [0.2, 0.25) is 0 Å². The van der Waals surface area contributed by atoms with E-state index in [2.05, 4.69) is 5.32 Å². The first-order chi connectivity index (χ1) is 9.46. The summed E-state index contributed by atoms with van der Waals surface area (Å²) in [5.74, 6) is 0.330. The monoisotopic (exact) mass is 301 g/mol. The summed E-state index contributed by atoms with van der Waals surface area (Å²) in [6, 6.07) is 4.44. The minimum absolute atomic E-state index is 0.0807. The van der Waals surface area contributed by atoms with Crippen LogP contribution in [0, 0.1) is 11.7 Å². The summed E-state index contributed by atoms with van der Waals surface area (Å²) in [6.45, 7) is 2.59. The average Bonchev–Trinajstić information content (AvgIpc) is 2.76. The number of nitrogens with one attached hydrogen (secondary N) is 1. The quantitative estimate of drug-likeness (QED) is 0.903. The van der Waals surface area contributed by atoms with E-state index >= 15 is 0 Å². The molecular formula is C14H20FNO3S. The molecule has 2 unspecified atom stereocenters. The molecule has 0 aromatic heterocycles. The molecule has 1 aliphatic rings. The molecule has 2 rings (SSSR count). The van der Waals surface area contributed by atoms with Crippen molar-refractivity contribution in [3.63, 3.8) is 0 Å². The molecule has 2 atom stereocenters. The van der Waals surface area contributed by atoms with E-state index in [4.69, 9.17) is 4.74 Å². The van der Waals surface area contributed by atoms with E-state index in [0.717, 1.165) is 0 Å². The number of hydrogen-bond donors (Lipinski definition) is 1. The highest BCUT2D eigenvalue weighted by Gasteiger charge is 2.35. The molecule has 1 N–H and O–H groups in total. The van der Waals surface area contributed by atoms with Crippen molar-refractivity contribution in [1.29, 1.82) is 0 Å². The summed E-state index contributed by atoms with van der Waals surface area (Å²) in [5.41, 5.74) is 0.509. The molecule has 1 saturated heterocycles. The first kappa shape index (κ1) is 15.3. The van der Waals surface area contributed by atoms with Crippen LogP contribution in [0.25, 0.3) is 0 Å². The summed E-state index contributed by atoms with van der Waals surface area (Å²) in [7, 11) is -1.49. The van der Waals surface area contributed by atoms with Crippen LogP contribution < -0.4 is 10.1 Å². The third-order valence-electron chi connectivity index (χ3n) is 3.71. The Labute approximate surface area is 119 Å². The zero-order chi connectivity index (χ0) is 14.8. The fourth-order valence-corrected chi connectivity index (χ4v) is 4.56. The van der Waals surface area contributed by atoms with Gasteiger partial charge in [-0.05, 0) is 24.9 Å². The van der Waals surface area contributed by atoms with Gasteiger partial charge in [0, 0.05) is 17.7 Å². The number of halogens is 1. The largest absolute Gasteiger partial charge is 0.497 e. The molecule has 0 amide bonds. The summed E-state index contributed by atoms with van der Waals surface area (Å²) in [5, 5.41) is 3.21. The average molecular weight is 301 g/mol. The molecular weight excluding hydrogens is 281 g/mol. The summed E-state index contributed by atoms with van der Waals surface area (Å²) in [6.07, 6.45) is 0.575. The predicted molar refractivity (Wildman–Crippen MR) is 76.1 cm³/mol. The molecule has 4 nitrogen and oxygen atoms in total. The van der Waals surface area contributed by atoms with Crippen LogP contribution in [0.3, 0.4) is 0 Å². The van der Waals surface area contributed by atoms with E-state index in [1.54, 1.807) is 12.1 Å². The van der Waals surface area contributed by atoms with Crippen LogP contribution in [0.5, 0.6) is 5.75 Å². The Hall–Kier alpha value is -1.14. The zero-order valence-electron chi connectivity index (χ0n) is 11.7. The summed E-state index contributed by atoms with van der Waals surface area (Å²) >= 11 is 0. The maximum Gasteiger partial charge on any atom is 0.150 e. The third-order valence-corrected chi connectivity index (χ3v) is 5.50. The Morgan fingerprint density at radius 2 is 2.25 bits per heavy atom. The van der Waals surface area contributed by atoms with Crippen LogP contribution >= 0.6 is 0 Å². The molecule has 1 aliphatic heterocycles. The lowest BCUT2D eigenvalue weighted by Gasteiger charge is -2.24. The highest BCUT2D eigenvalue weighted by molar-refractivity contribution is 7.91. The van der Waals surface area contributed by atoms with Gasteiger partial charge in [-0.3, -0.25) is 0 Å². The first-order valence-corrected chi connectivity index (χ1v) is 8.56. The molecule has 1 fully saturated rings. The normalized spacial score (nSPS) is 22.6. The molecule has 0 radical (unpaired) electrons. The van der Waals surface area contributed by atoms with Gasteiger partial charge in [0.25, 0.3) is 0 Å². The first-order valence-electron chi connectivity index (χ1n) is 6.74. The van der Waals surface area contributed by atoms with Crippen LogP contribution in [-0.4, -0.2) is 33.6 Å². The number of methoxy groups -OCH3 is 1. The van der Waals surface area contributed by atoms with E-state index in [1.807, 2.05) is 6.92 Å². The molecule has 1 aromatic rings. The Bertz CT molecular complexity index is 574. The van der Waals surface area contributed by atoms with E-state index in [9.17, 15) is 12.8 Å². The van der Waals surface area contributed by atoms with Crippen molar-refractivity contribution in [1.82, 2.24) is 5.32 Å². The van der Waals surface area contributed by atoms with Gasteiger partial charge in [0.1, 0.15) is 11.6 Å². The maximum atomic E-state index is 14.2. The fraction of sp³-hybridized carbons (Fsp3) is 0.571. The molecule has 0 aliphatic carbocycles. The number of rotatable bonds is 5. The smallest absolute Gasteiger partial charge is 0.150 e. The van der Waals surface area contributed by atoms with Crippen molar-refractivity contribution >= 4 is 9.84 Å². The van der Waals surface area contributed by atoms with E-state index in [-0.39, 0.29) is 29.3 Å². The maximum absolute atomic E-state index is 14.2. The van der Waals surface area contributed by atoms with E-state index in [0.29, 0.717) is 24.3 Å². The van der Waals surface area contributed by atoms with Crippen LogP contribution in [0.4, 0.5) is 4.39 Å². The van der Waals surface area contributed by atoms with Gasteiger partial charge in [-0.1, -0.05) is 13.0 Å². The highest BCUT2D eigenvalue weighted by Crippen LogP contribution is 2.33. The van der Waals surface area contributed by atoms with Crippen molar-refractivity contribution in [2.75, 3.05) is 25.2 Å². The molecule has 6 heteroatoms. The van der Waals surface area contributed by atoms with Gasteiger partial charge in [0.2, 0.25) is 0 Å². The van der Waals surface area contributed by atoms with E-state index in [1.165, 1.54) is 13.2 Å². The molecule has 20 heavy (non-hydrogen) atoms. The topological polar surface area (TPSA) is 55.4 Å². The third kappa shape index (κ3) is 3.30. The second kappa shape index (κ2) is 6.10. The van der Waals surface area contributed by atoms with Crippen molar-refractivity contribution in [3.8, 4) is 5.75 Å². The van der Waals surface area contributed by atoms with Crippen molar-refractivity contribution in [3.05, 3.63) is 29.6 Å². The molecule has 0 spiro atoms. The van der Waals surface area contributed by atoms with Gasteiger partial charge in [0.05, 0.1) is 18.6 Å². The SMILES string of the molecule is CCNC(c1ccc(OC)cc1F)C1CCS(=O)(=O)C1. The minimum Gasteiger partial charge on any atom is -0.497 e. The summed E-state index contributed by atoms with van der Waals surface area (Å²) in [4.78, 5) is 0. The lowest BCUT2D eigenvalue weighted by atomic mass is 9.92. The second-order valence-electron chi connectivity index (χ2n) is 5.09. The summed E-state index contributed by atoms with van der Waals surface area (Å²) < 4.78 is 42.4. The van der Waals surface area contributed by atoms with Crippen molar-refractivity contribution in [2.45, 2.75) is 19.4 Å². The fourth-order valence-electron chi connectivity index (χ4n) is 2.72. The van der Waals surface area contributed by atoms with Crippen LogP contribution in [0.15, 0.2) is 18.2 Å². The van der Waals surface area contributed by atoms with Gasteiger partial charge in [-0.25, -0.2) is 12.8 Å². The number of sulfone groups is 1. The van der Waals surface area contributed by atoms with Crippen molar-refractivity contribution < 1.29 is 17.5 Å². The van der Waals surface area contributed by atoms with Crippen LogP contribution in [-0.2, 0) is 9.84 Å². The Morgan fingerprint density at radius 3 is 2.75 bits per heavy atom. The van der Waals surface area contributed by atoms with Gasteiger partial charge in [-0.2, -0.15) is 0 Å². The number of hydrogen-bond acceptors (Lipinski definition) is 4. The zero-order valence-corrected chi connectivity index (χ0v) is 12.5. The van der Waals surface area contributed by atoms with Gasteiger partial charge in [-0.15, -0.1) is 0 Å². The number of ether oxygens (including phenoxy) is 1.